The van der Waals surface area contributed by atoms with E-state index in [-0.39, 0.29) is 74.2 Å². The van der Waals surface area contributed by atoms with Gasteiger partial charge in [0.2, 0.25) is 0 Å². The molecular weight excluding hydrogens is 589 g/mol. The summed E-state index contributed by atoms with van der Waals surface area (Å²) in [6.07, 6.45) is 0. The normalized spacial score (nSPS) is 7.91. The van der Waals surface area contributed by atoms with Gasteiger partial charge in [-0.1, -0.05) is 53.6 Å². The van der Waals surface area contributed by atoms with Gasteiger partial charge in [-0.3, -0.25) is 0 Å². The molecule has 0 N–H and O–H groups in total. The quantitative estimate of drug-likeness (QED) is 0.239. The van der Waals surface area contributed by atoms with Crippen molar-refractivity contribution in [2.75, 3.05) is 0 Å². The fourth-order valence-electron chi connectivity index (χ4n) is 1.49. The summed E-state index contributed by atoms with van der Waals surface area (Å²) < 4.78 is 0. The Hall–Kier alpha value is 1.26. The van der Waals surface area contributed by atoms with Crippen LogP contribution in [0.15, 0.2) is 36.4 Å². The van der Waals surface area contributed by atoms with Gasteiger partial charge in [0.25, 0.3) is 0 Å². The van der Waals surface area contributed by atoms with Crippen molar-refractivity contribution in [3.05, 3.63) is 58.7 Å². The zero-order valence-corrected chi connectivity index (χ0v) is 22.6. The molecule has 0 aliphatic heterocycles. The first kappa shape index (κ1) is 31.1. The van der Waals surface area contributed by atoms with Gasteiger partial charge in [-0.05, 0) is 0 Å². The minimum absolute atomic E-state index is 0. The molecule has 123 valence electrons. The number of halogens is 2. The van der Waals surface area contributed by atoms with Crippen LogP contribution >= 0.6 is 0 Å². The second-order valence-corrected chi connectivity index (χ2v) is 7.10. The summed E-state index contributed by atoms with van der Waals surface area (Å²) in [5.74, 6) is 0. The number of hydrogen-bond acceptors (Lipinski definition) is 0. The summed E-state index contributed by atoms with van der Waals surface area (Å²) in [6, 6.07) is 15.5. The van der Waals surface area contributed by atoms with Crippen molar-refractivity contribution in [1.82, 2.24) is 0 Å². The van der Waals surface area contributed by atoms with E-state index in [4.69, 9.17) is 0 Å². The molecule has 0 unspecified atom stereocenters. The van der Waals surface area contributed by atoms with Crippen LogP contribution in [-0.4, -0.2) is 9.52 Å². The van der Waals surface area contributed by atoms with Crippen LogP contribution in [0, 0.1) is 27.7 Å². The maximum absolute atomic E-state index is 2.25. The third-order valence-corrected chi connectivity index (χ3v) is 4.36. The van der Waals surface area contributed by atoms with E-state index in [0.29, 0.717) is 0 Å². The fraction of sp³-hybridized carbons (Fsp3) is 0.444. The van der Waals surface area contributed by atoms with Gasteiger partial charge in [0.15, 0.2) is 0 Å². The van der Waals surface area contributed by atoms with Crippen LogP contribution < -0.4 is 48.0 Å². The molecule has 0 atom stereocenters. The van der Waals surface area contributed by atoms with E-state index >= 15 is 0 Å². The van der Waals surface area contributed by atoms with E-state index in [2.05, 4.69) is 77.9 Å². The molecule has 0 saturated heterocycles. The molecule has 1 radical (unpaired) electrons. The average Bonchev–Trinajstić information content (AvgIpc) is 2.93. The zero-order valence-electron chi connectivity index (χ0n) is 14.7. The van der Waals surface area contributed by atoms with Crippen LogP contribution in [0.5, 0.6) is 0 Å². The molecule has 22 heavy (non-hydrogen) atoms. The van der Waals surface area contributed by atoms with Gasteiger partial charge in [-0.2, -0.15) is 34.4 Å². The van der Waals surface area contributed by atoms with Gasteiger partial charge in [0.05, 0.1) is 0 Å². The minimum atomic E-state index is 0. The molecule has 0 spiro atoms. The molecule has 4 heteroatoms. The maximum atomic E-state index is 2.25. The summed E-state index contributed by atoms with van der Waals surface area (Å²) in [7, 11) is 0.815. The molecule has 0 amide bonds. The van der Waals surface area contributed by atoms with Crippen molar-refractivity contribution >= 4 is 9.52 Å². The van der Waals surface area contributed by atoms with E-state index < -0.39 is 0 Å². The maximum Gasteiger partial charge on any atom is 4.00 e. The molecule has 0 aliphatic carbocycles. The Kier molecular flexibility index (Phi) is 28.7. The molecule has 0 nitrogen and oxygen atoms in total. The van der Waals surface area contributed by atoms with Crippen LogP contribution in [0.1, 0.15) is 36.1 Å². The van der Waals surface area contributed by atoms with Gasteiger partial charge >= 0.3 is 26.2 Å². The Bertz CT molecular complexity index is 362. The third kappa shape index (κ3) is 16.1. The first-order valence-electron chi connectivity index (χ1n) is 7.22. The van der Waals surface area contributed by atoms with Crippen LogP contribution in [0.4, 0.5) is 0 Å². The van der Waals surface area contributed by atoms with Crippen molar-refractivity contribution < 1.29 is 74.2 Å². The van der Waals surface area contributed by atoms with Crippen LogP contribution in [0.3, 0.4) is 0 Å². The first-order valence-corrected chi connectivity index (χ1v) is 8.85. The molecule has 0 heterocycles. The number of hydrogen-bond donors (Lipinski definition) is 0. The largest absolute Gasteiger partial charge is 4.00 e. The predicted octanol–water partition coefficient (Wildman–Crippen LogP) is -0.651. The van der Waals surface area contributed by atoms with Crippen molar-refractivity contribution in [2.45, 2.75) is 53.6 Å². The zero-order chi connectivity index (χ0) is 14.7. The van der Waals surface area contributed by atoms with Gasteiger partial charge in [0.1, 0.15) is 0 Å². The minimum Gasteiger partial charge on any atom is -1.00 e. The van der Waals surface area contributed by atoms with Gasteiger partial charge in [-0.15, -0.1) is 0 Å². The number of rotatable bonds is 2. The third-order valence-electron chi connectivity index (χ3n) is 3.21. The molecular formula is C18H29I2SiZr. The first-order chi connectivity index (χ1) is 9.02. The Balaban J connectivity index is -0.000000105. The van der Waals surface area contributed by atoms with Crippen LogP contribution in [0.2, 0.25) is 12.1 Å². The summed E-state index contributed by atoms with van der Waals surface area (Å²) in [5.41, 5.74) is 5.56. The summed E-state index contributed by atoms with van der Waals surface area (Å²) in [5, 5.41) is 0. The fourth-order valence-corrected chi connectivity index (χ4v) is 2.07. The van der Waals surface area contributed by atoms with Crippen LogP contribution in [-0.2, 0) is 26.2 Å². The van der Waals surface area contributed by atoms with E-state index in [1.807, 2.05) is 0 Å². The Morgan fingerprint density at radius 1 is 0.818 bits per heavy atom. The van der Waals surface area contributed by atoms with Crippen molar-refractivity contribution in [3.63, 3.8) is 0 Å². The summed E-state index contributed by atoms with van der Waals surface area (Å²) >= 11 is 0. The van der Waals surface area contributed by atoms with E-state index in [0.717, 1.165) is 9.52 Å². The smallest absolute Gasteiger partial charge is 1.00 e. The molecule has 0 aromatic heterocycles. The Morgan fingerprint density at radius 3 is 1.18 bits per heavy atom. The van der Waals surface area contributed by atoms with E-state index in [1.165, 1.54) is 34.3 Å². The molecule has 2 rings (SSSR count). The predicted molar refractivity (Wildman–Crippen MR) is 91.1 cm³/mol. The molecule has 2 aromatic rings. The van der Waals surface area contributed by atoms with Crippen LogP contribution in [0.25, 0.3) is 0 Å². The Morgan fingerprint density at radius 2 is 1.14 bits per heavy atom. The molecule has 0 saturated carbocycles. The van der Waals surface area contributed by atoms with Gasteiger partial charge in [-0.25, -0.2) is 24.3 Å². The second kappa shape index (κ2) is 20.3. The van der Waals surface area contributed by atoms with Crippen molar-refractivity contribution in [1.29, 1.82) is 0 Å². The van der Waals surface area contributed by atoms with Crippen molar-refractivity contribution in [2.24, 2.45) is 0 Å². The second-order valence-electron chi connectivity index (χ2n) is 4.89. The Labute approximate surface area is 194 Å². The molecule has 0 bridgehead atoms. The SMILES string of the molecule is CC[SiH]CC.Cc1ccc[c-]1C.Cc1ccc[c-]1C.[I-].[I-].[Zr+4]. The average molecular weight is 619 g/mol. The van der Waals surface area contributed by atoms with E-state index in [9.17, 15) is 0 Å². The van der Waals surface area contributed by atoms with E-state index in [1.54, 1.807) is 0 Å². The molecule has 0 aliphatic rings. The summed E-state index contributed by atoms with van der Waals surface area (Å²) in [4.78, 5) is 0. The molecule has 2 aromatic carbocycles. The summed E-state index contributed by atoms with van der Waals surface area (Å²) in [6.45, 7) is 13.0. The van der Waals surface area contributed by atoms with Crippen molar-refractivity contribution in [3.8, 4) is 0 Å². The number of aryl methyl sites for hydroxylation is 4. The monoisotopic (exact) mass is 617 g/mol. The standard InChI is InChI=1S/2C7H9.C4H11Si.2HI.Zr/c2*1-6-4-3-5-7(6)2;1-3-5-4-2;;;/h2*3-5H,1-2H3;5H,3-4H2,1-2H3;2*1H;/q2*-1;;;;+4/p-2. The molecule has 0 fully saturated rings. The van der Waals surface area contributed by atoms with Gasteiger partial charge in [0, 0.05) is 9.52 Å². The topological polar surface area (TPSA) is 0 Å². The van der Waals surface area contributed by atoms with Gasteiger partial charge < -0.3 is 48.0 Å².